The van der Waals surface area contributed by atoms with Crippen molar-refractivity contribution in [3.8, 4) is 0 Å². The van der Waals surface area contributed by atoms with Crippen LogP contribution in [0.25, 0.3) is 0 Å². The van der Waals surface area contributed by atoms with Gasteiger partial charge in [0.25, 0.3) is 0 Å². The number of unbranched alkanes of at least 4 members (excludes halogenated alkanes) is 37. The van der Waals surface area contributed by atoms with Crippen LogP contribution < -0.4 is 0 Å². The molecule has 0 saturated heterocycles. The molecule has 516 valence electrons. The smallest absolute Gasteiger partial charge is 0.462 e. The van der Waals surface area contributed by atoms with Crippen molar-refractivity contribution < 1.29 is 80.2 Å². The molecule has 0 aromatic rings. The molecule has 17 nitrogen and oxygen atoms in total. The van der Waals surface area contributed by atoms with Gasteiger partial charge in [0.2, 0.25) is 0 Å². The van der Waals surface area contributed by atoms with Gasteiger partial charge in [-0.2, -0.15) is 0 Å². The predicted molar refractivity (Wildman–Crippen MR) is 349 cm³/mol. The van der Waals surface area contributed by atoms with E-state index < -0.39 is 97.5 Å². The lowest BCUT2D eigenvalue weighted by Gasteiger charge is -2.21. The average molecular weight is 1280 g/mol. The summed E-state index contributed by atoms with van der Waals surface area (Å²) >= 11 is 0. The van der Waals surface area contributed by atoms with Gasteiger partial charge in [-0.1, -0.05) is 292 Å². The number of aliphatic hydroxyl groups excluding tert-OH is 1. The third-order valence-corrected chi connectivity index (χ3v) is 17.6. The number of hydrogen-bond acceptors (Lipinski definition) is 15. The molecule has 0 radical (unpaired) electrons. The van der Waals surface area contributed by atoms with Gasteiger partial charge in [-0.25, -0.2) is 9.13 Å². The van der Waals surface area contributed by atoms with E-state index in [1.54, 1.807) is 0 Å². The quantitative estimate of drug-likeness (QED) is 0.0222. The second-order valence-corrected chi connectivity index (χ2v) is 28.4. The molecule has 3 N–H and O–H groups in total. The summed E-state index contributed by atoms with van der Waals surface area (Å²) in [6.07, 6.45) is 44.4. The number of esters is 4. The van der Waals surface area contributed by atoms with E-state index in [2.05, 4.69) is 41.5 Å². The molecule has 0 aliphatic carbocycles. The first-order chi connectivity index (χ1) is 41.9. The van der Waals surface area contributed by atoms with Gasteiger partial charge < -0.3 is 33.8 Å². The highest BCUT2D eigenvalue weighted by molar-refractivity contribution is 7.47. The summed E-state index contributed by atoms with van der Waals surface area (Å²) in [5.41, 5.74) is 0. The molecule has 0 heterocycles. The van der Waals surface area contributed by atoms with Crippen LogP contribution in [0.3, 0.4) is 0 Å². The van der Waals surface area contributed by atoms with Crippen molar-refractivity contribution in [1.82, 2.24) is 0 Å². The van der Waals surface area contributed by atoms with Crippen molar-refractivity contribution in [3.05, 3.63) is 0 Å². The van der Waals surface area contributed by atoms with Crippen LogP contribution in [0.5, 0.6) is 0 Å². The van der Waals surface area contributed by atoms with Gasteiger partial charge in [-0.05, 0) is 37.5 Å². The molecule has 0 spiro atoms. The second-order valence-electron chi connectivity index (χ2n) is 25.5. The molecule has 0 saturated carbocycles. The Hall–Kier alpha value is -1.94. The Bertz CT molecular complexity index is 1700. The summed E-state index contributed by atoms with van der Waals surface area (Å²) in [5.74, 6) is -0.644. The van der Waals surface area contributed by atoms with Crippen LogP contribution in [0.1, 0.15) is 343 Å². The molecule has 5 atom stereocenters. The Balaban J connectivity index is 5.24. The van der Waals surface area contributed by atoms with Gasteiger partial charge in [-0.15, -0.1) is 0 Å². The Morgan fingerprint density at radius 2 is 0.529 bits per heavy atom. The van der Waals surface area contributed by atoms with E-state index in [4.69, 9.17) is 37.0 Å². The van der Waals surface area contributed by atoms with Crippen molar-refractivity contribution in [2.75, 3.05) is 39.6 Å². The van der Waals surface area contributed by atoms with Gasteiger partial charge in [-0.3, -0.25) is 37.3 Å². The Morgan fingerprint density at radius 3 is 0.782 bits per heavy atom. The van der Waals surface area contributed by atoms with Gasteiger partial charge in [0.05, 0.1) is 26.4 Å². The fourth-order valence-corrected chi connectivity index (χ4v) is 11.8. The highest BCUT2D eigenvalue weighted by Gasteiger charge is 2.30. The molecule has 0 amide bonds. The molecule has 87 heavy (non-hydrogen) atoms. The van der Waals surface area contributed by atoms with Crippen LogP contribution in [0.2, 0.25) is 0 Å². The summed E-state index contributed by atoms with van der Waals surface area (Å²) in [7, 11) is -9.89. The number of aliphatic hydroxyl groups is 1. The number of carbonyl (C=O) groups is 4. The number of phosphoric acid groups is 2. The van der Waals surface area contributed by atoms with Crippen LogP contribution in [0, 0.1) is 11.8 Å². The van der Waals surface area contributed by atoms with E-state index in [9.17, 15) is 43.2 Å². The van der Waals surface area contributed by atoms with Crippen molar-refractivity contribution >= 4 is 39.5 Å². The van der Waals surface area contributed by atoms with E-state index in [0.717, 1.165) is 102 Å². The maximum Gasteiger partial charge on any atom is 0.472 e. The SMILES string of the molecule is CCCCCCCCCCCCCC(=O)OC[C@H](COP(=O)(O)OC[C@@H](O)COP(=O)(O)OC[C@@H](COC(=O)CCCCCCCCCC(C)C)OC(=O)CCCCCCCCCCCCC)OC(=O)CCCCCCCCCCCCCCC(C)C. The minimum atomic E-state index is -4.95. The topological polar surface area (TPSA) is 237 Å². The van der Waals surface area contributed by atoms with Gasteiger partial charge in [0, 0.05) is 25.7 Å². The van der Waals surface area contributed by atoms with Crippen LogP contribution >= 0.6 is 15.6 Å². The van der Waals surface area contributed by atoms with Crippen molar-refractivity contribution in [3.63, 3.8) is 0 Å². The Morgan fingerprint density at radius 1 is 0.310 bits per heavy atom. The molecular weight excluding hydrogens is 1150 g/mol. The standard InChI is InChI=1S/C68H132O17P2/c1-7-9-11-13-15-17-21-26-32-38-44-50-65(70)78-56-63(84-68(73)53-47-41-34-28-24-20-19-23-25-30-36-42-48-60(3)4)58-82-86(74,75)80-54-62(69)55-81-87(76,77)83-59-64(57-79-66(71)51-45-39-35-29-31-37-43-49-61(5)6)85-67(72)52-46-40-33-27-22-18-16-14-12-10-8-2/h60-64,69H,7-59H2,1-6H3,(H,74,75)(H,76,77)/t62-,63-,64-/m1/s1. The molecule has 0 fully saturated rings. The number of hydrogen-bond donors (Lipinski definition) is 3. The largest absolute Gasteiger partial charge is 0.472 e. The maximum absolute atomic E-state index is 13.0. The van der Waals surface area contributed by atoms with E-state index >= 15 is 0 Å². The normalized spacial score (nSPS) is 14.2. The van der Waals surface area contributed by atoms with Crippen LogP contribution in [-0.4, -0.2) is 96.7 Å². The molecule has 0 aliphatic rings. The number of rotatable bonds is 67. The van der Waals surface area contributed by atoms with Gasteiger partial charge >= 0.3 is 39.5 Å². The zero-order valence-corrected chi connectivity index (χ0v) is 58.1. The summed E-state index contributed by atoms with van der Waals surface area (Å²) in [5, 5.41) is 10.6. The zero-order valence-electron chi connectivity index (χ0n) is 56.3. The molecule has 0 bridgehead atoms. The highest BCUT2D eigenvalue weighted by Crippen LogP contribution is 2.45. The Labute approximate surface area is 530 Å². The number of carbonyl (C=O) groups excluding carboxylic acids is 4. The van der Waals surface area contributed by atoms with E-state index in [1.165, 1.54) is 154 Å². The molecule has 19 heteroatoms. The first-order valence-corrected chi connectivity index (χ1v) is 38.5. The van der Waals surface area contributed by atoms with E-state index in [1.807, 2.05) is 0 Å². The molecule has 2 unspecified atom stereocenters. The predicted octanol–water partition coefficient (Wildman–Crippen LogP) is 19.2. The Kier molecular flexibility index (Phi) is 59.0. The zero-order chi connectivity index (χ0) is 64.3. The van der Waals surface area contributed by atoms with Crippen LogP contribution in [0.4, 0.5) is 0 Å². The van der Waals surface area contributed by atoms with Crippen molar-refractivity contribution in [2.24, 2.45) is 11.8 Å². The monoisotopic (exact) mass is 1280 g/mol. The maximum atomic E-state index is 13.0. The molecule has 0 aliphatic heterocycles. The number of ether oxygens (including phenoxy) is 4. The third-order valence-electron chi connectivity index (χ3n) is 15.7. The summed E-state index contributed by atoms with van der Waals surface area (Å²) in [6, 6.07) is 0. The van der Waals surface area contributed by atoms with E-state index in [-0.39, 0.29) is 25.7 Å². The molecule has 0 aromatic carbocycles. The van der Waals surface area contributed by atoms with E-state index in [0.29, 0.717) is 31.6 Å². The fourth-order valence-electron chi connectivity index (χ4n) is 10.2. The fraction of sp³-hybridized carbons (Fsp3) is 0.941. The second kappa shape index (κ2) is 60.3. The first kappa shape index (κ1) is 85.1. The van der Waals surface area contributed by atoms with Crippen molar-refractivity contribution in [2.45, 2.75) is 362 Å². The lowest BCUT2D eigenvalue weighted by molar-refractivity contribution is -0.161. The average Bonchev–Trinajstić information content (AvgIpc) is 3.57. The highest BCUT2D eigenvalue weighted by atomic mass is 31.2. The minimum absolute atomic E-state index is 0.106. The summed E-state index contributed by atoms with van der Waals surface area (Å²) in [4.78, 5) is 72.4. The third kappa shape index (κ3) is 62.6. The molecular formula is C68H132O17P2. The molecule has 0 rings (SSSR count). The summed E-state index contributed by atoms with van der Waals surface area (Å²) in [6.45, 7) is 9.48. The first-order valence-electron chi connectivity index (χ1n) is 35.5. The summed E-state index contributed by atoms with van der Waals surface area (Å²) < 4.78 is 68.2. The van der Waals surface area contributed by atoms with Gasteiger partial charge in [0.15, 0.2) is 12.2 Å². The molecule has 0 aromatic heterocycles. The number of phosphoric ester groups is 2. The van der Waals surface area contributed by atoms with Crippen molar-refractivity contribution in [1.29, 1.82) is 0 Å². The van der Waals surface area contributed by atoms with Gasteiger partial charge in [0.1, 0.15) is 19.3 Å². The lowest BCUT2D eigenvalue weighted by Crippen LogP contribution is -2.30. The van der Waals surface area contributed by atoms with Crippen LogP contribution in [-0.2, 0) is 65.4 Å². The minimum Gasteiger partial charge on any atom is -0.462 e. The van der Waals surface area contributed by atoms with Crippen LogP contribution in [0.15, 0.2) is 0 Å². The lowest BCUT2D eigenvalue weighted by atomic mass is 10.0.